The molecular weight excluding hydrogens is 546 g/mol. The number of hydrogen-bond acceptors (Lipinski definition) is 8. The van der Waals surface area contributed by atoms with E-state index in [1.165, 1.54) is 0 Å². The summed E-state index contributed by atoms with van der Waals surface area (Å²) in [5.41, 5.74) is 6.15. The first-order valence-electron chi connectivity index (χ1n) is 14.6. The van der Waals surface area contributed by atoms with E-state index in [2.05, 4.69) is 17.0 Å². The predicted molar refractivity (Wildman–Crippen MR) is 163 cm³/mol. The number of aromatic nitrogens is 1. The molecule has 0 spiro atoms. The molecule has 0 saturated carbocycles. The van der Waals surface area contributed by atoms with Gasteiger partial charge < -0.3 is 18.9 Å². The van der Waals surface area contributed by atoms with Gasteiger partial charge in [-0.25, -0.2) is 10.3 Å². The highest BCUT2D eigenvalue weighted by Crippen LogP contribution is 2.40. The lowest BCUT2D eigenvalue weighted by atomic mass is 9.97. The molecule has 222 valence electrons. The molecule has 0 bridgehead atoms. The molecule has 0 amide bonds. The van der Waals surface area contributed by atoms with Crippen LogP contribution >= 0.6 is 0 Å². The summed E-state index contributed by atoms with van der Waals surface area (Å²) in [6.45, 7) is 10.7. The van der Waals surface area contributed by atoms with Gasteiger partial charge in [-0.2, -0.15) is 0 Å². The van der Waals surface area contributed by atoms with Crippen LogP contribution in [0.1, 0.15) is 52.6 Å². The maximum Gasteiger partial charge on any atom is 0.351 e. The predicted octanol–water partition coefficient (Wildman–Crippen LogP) is 4.97. The van der Waals surface area contributed by atoms with Crippen molar-refractivity contribution in [3.8, 4) is 5.75 Å². The summed E-state index contributed by atoms with van der Waals surface area (Å²) < 4.78 is 13.8. The molecule has 1 fully saturated rings. The topological polar surface area (TPSA) is 99.1 Å². The summed E-state index contributed by atoms with van der Waals surface area (Å²) >= 11 is 0. The van der Waals surface area contributed by atoms with E-state index in [-0.39, 0.29) is 23.9 Å². The highest BCUT2D eigenvalue weighted by atomic mass is 16.7. The van der Waals surface area contributed by atoms with Crippen LogP contribution in [0.3, 0.4) is 0 Å². The van der Waals surface area contributed by atoms with E-state index < -0.39 is 11.5 Å². The van der Waals surface area contributed by atoms with E-state index in [0.29, 0.717) is 55.3 Å². The minimum Gasteiger partial charge on any atom is -0.488 e. The van der Waals surface area contributed by atoms with Gasteiger partial charge in [-0.15, -0.1) is 0 Å². The second kappa shape index (κ2) is 11.3. The molecule has 1 aromatic heterocycles. The number of hydroxylamine groups is 1. The molecule has 3 heterocycles. The van der Waals surface area contributed by atoms with Gasteiger partial charge in [0.15, 0.2) is 5.78 Å². The highest BCUT2D eigenvalue weighted by Gasteiger charge is 2.38. The van der Waals surface area contributed by atoms with Crippen molar-refractivity contribution < 1.29 is 28.7 Å². The Morgan fingerprint density at radius 2 is 1.77 bits per heavy atom. The molecule has 2 aliphatic heterocycles. The first-order valence-corrected chi connectivity index (χ1v) is 14.6. The molecule has 9 heteroatoms. The number of rotatable bonds is 7. The molecule has 43 heavy (non-hydrogen) atoms. The monoisotopic (exact) mass is 581 g/mol. The molecule has 1 N–H and O–H groups in total. The van der Waals surface area contributed by atoms with Gasteiger partial charge in [0.2, 0.25) is 5.78 Å². The van der Waals surface area contributed by atoms with Crippen molar-refractivity contribution >= 4 is 39.3 Å². The number of carbonyl (C=O) groups excluding carboxylic acids is 3. The van der Waals surface area contributed by atoms with Crippen LogP contribution in [-0.4, -0.2) is 65.5 Å². The molecule has 9 nitrogen and oxygen atoms in total. The first-order chi connectivity index (χ1) is 20.7. The minimum atomic E-state index is -0.902. The third kappa shape index (κ3) is 4.98. The minimum absolute atomic E-state index is 0.0635. The van der Waals surface area contributed by atoms with E-state index in [1.54, 1.807) is 26.0 Å². The molecule has 0 radical (unpaired) electrons. The van der Waals surface area contributed by atoms with Crippen LogP contribution in [0.2, 0.25) is 0 Å². The average Bonchev–Trinajstić information content (AvgIpc) is 3.26. The maximum absolute atomic E-state index is 13.8. The lowest BCUT2D eigenvalue weighted by Gasteiger charge is -2.38. The van der Waals surface area contributed by atoms with E-state index in [1.807, 2.05) is 60.4 Å². The van der Waals surface area contributed by atoms with Crippen molar-refractivity contribution in [1.29, 1.82) is 0 Å². The number of aryl methyl sites for hydroxylation is 2. The Bertz CT molecular complexity index is 1790. The molecule has 0 aliphatic carbocycles. The third-order valence-corrected chi connectivity index (χ3v) is 8.51. The summed E-state index contributed by atoms with van der Waals surface area (Å²) in [5.74, 6) is -0.476. The smallest absolute Gasteiger partial charge is 0.351 e. The number of hydrogen-bond donors (Lipinski definition) is 1. The second-order valence-electron chi connectivity index (χ2n) is 11.4. The Kier molecular flexibility index (Phi) is 7.54. The average molecular weight is 582 g/mol. The number of benzene rings is 3. The fourth-order valence-corrected chi connectivity index (χ4v) is 5.96. The van der Waals surface area contributed by atoms with Gasteiger partial charge in [0.05, 0.1) is 29.7 Å². The Labute approximate surface area is 249 Å². The fraction of sp³-hybridized carbons (Fsp3) is 0.324. The molecule has 3 aromatic carbocycles. The van der Waals surface area contributed by atoms with Crippen LogP contribution in [0, 0.1) is 6.92 Å². The zero-order valence-corrected chi connectivity index (χ0v) is 24.9. The number of nitrogens with zero attached hydrogens (tertiary/aromatic N) is 2. The molecule has 0 unspecified atom stereocenters. The number of allylic oxidation sites excluding steroid dienone is 1. The molecule has 4 aromatic rings. The largest absolute Gasteiger partial charge is 0.488 e. The Hall–Kier alpha value is -4.47. The zero-order chi connectivity index (χ0) is 30.3. The number of fused-ring (bicyclic) bond motifs is 5. The van der Waals surface area contributed by atoms with Crippen molar-refractivity contribution in [2.75, 3.05) is 32.9 Å². The third-order valence-electron chi connectivity index (χ3n) is 8.51. The molecule has 2 aliphatic rings. The summed E-state index contributed by atoms with van der Waals surface area (Å²) in [6.07, 6.45) is 1.58. The van der Waals surface area contributed by atoms with Crippen molar-refractivity contribution in [3.63, 3.8) is 0 Å². The Morgan fingerprint density at radius 1 is 1.02 bits per heavy atom. The summed E-state index contributed by atoms with van der Waals surface area (Å²) in [7, 11) is 0. The van der Waals surface area contributed by atoms with Crippen LogP contribution in [0.5, 0.6) is 5.75 Å². The molecule has 0 atom stereocenters. The van der Waals surface area contributed by atoms with E-state index in [0.717, 1.165) is 27.4 Å². The van der Waals surface area contributed by atoms with Gasteiger partial charge in [0.1, 0.15) is 23.6 Å². The molecule has 6 rings (SSSR count). The van der Waals surface area contributed by atoms with Crippen molar-refractivity contribution in [2.45, 2.75) is 39.8 Å². The van der Waals surface area contributed by atoms with Gasteiger partial charge in [0, 0.05) is 41.7 Å². The van der Waals surface area contributed by atoms with Gasteiger partial charge in [-0.3, -0.25) is 14.5 Å². The van der Waals surface area contributed by atoms with E-state index >= 15 is 0 Å². The Morgan fingerprint density at radius 3 is 2.51 bits per heavy atom. The lowest BCUT2D eigenvalue weighted by molar-refractivity contribution is -0.164. The van der Waals surface area contributed by atoms with E-state index in [4.69, 9.17) is 14.3 Å². The normalized spacial score (nSPS) is 15.9. The van der Waals surface area contributed by atoms with Crippen LogP contribution in [0.25, 0.3) is 21.8 Å². The molecular formula is C34H35N3O6. The maximum atomic E-state index is 13.8. The summed E-state index contributed by atoms with van der Waals surface area (Å²) in [4.78, 5) is 47.8. The van der Waals surface area contributed by atoms with Gasteiger partial charge in [-0.05, 0) is 69.7 Å². The quantitative estimate of drug-likeness (QED) is 0.241. The number of Topliss-reactive ketones (excluding diaryl/α,β-unsaturated/α-hetero) is 1. The van der Waals surface area contributed by atoms with Crippen molar-refractivity contribution in [1.82, 2.24) is 14.9 Å². The van der Waals surface area contributed by atoms with Crippen LogP contribution < -0.4 is 10.2 Å². The number of ether oxygens (including phenoxy) is 2. The number of ketones is 2. The summed E-state index contributed by atoms with van der Waals surface area (Å²) in [6, 6.07) is 16.9. The number of morpholine rings is 1. The van der Waals surface area contributed by atoms with Gasteiger partial charge in [0.25, 0.3) is 0 Å². The number of nitrogens with one attached hydrogen (secondary N) is 1. The molecule has 1 saturated heterocycles. The highest BCUT2D eigenvalue weighted by molar-refractivity contribution is 6.20. The lowest BCUT2D eigenvalue weighted by Crippen LogP contribution is -2.55. The fourth-order valence-electron chi connectivity index (χ4n) is 5.96. The second-order valence-corrected chi connectivity index (χ2v) is 11.4. The summed E-state index contributed by atoms with van der Waals surface area (Å²) in [5, 5.41) is 1.60. The van der Waals surface area contributed by atoms with E-state index in [9.17, 15) is 14.4 Å². The SMILES string of the molecule is CCn1c2ccc(C(=O)c3ccccc3C)cc2c2c3c(ccc21)C(=O)C(NOC(=O)C(C)(C)N1CCOCC1)=CCO3. The van der Waals surface area contributed by atoms with Crippen LogP contribution in [-0.2, 0) is 20.9 Å². The van der Waals surface area contributed by atoms with Crippen LogP contribution in [0.4, 0.5) is 0 Å². The zero-order valence-electron chi connectivity index (χ0n) is 24.9. The van der Waals surface area contributed by atoms with Crippen molar-refractivity contribution in [2.24, 2.45) is 0 Å². The van der Waals surface area contributed by atoms with Crippen LogP contribution in [0.15, 0.2) is 66.4 Å². The first kappa shape index (κ1) is 28.6. The van der Waals surface area contributed by atoms with Gasteiger partial charge in [-0.1, -0.05) is 24.3 Å². The van der Waals surface area contributed by atoms with Crippen molar-refractivity contribution in [3.05, 3.63) is 88.6 Å². The number of carbonyl (C=O) groups is 3. The standard InChI is InChI=1S/C34H35N3O6/c1-5-37-27-12-10-22(30(38)23-9-7-6-8-21(23)2)20-25(27)29-28(37)13-11-24-31(39)26(14-17-42-32(24)29)35-43-33(40)34(3,4)36-15-18-41-19-16-36/h6-14,20,35H,5,15-19H2,1-4H3. The van der Waals surface area contributed by atoms with Gasteiger partial charge >= 0.3 is 5.97 Å². The Balaban J connectivity index is 1.34.